The predicted octanol–water partition coefficient (Wildman–Crippen LogP) is 5.77. The Kier molecular flexibility index (Phi) is 8.00. The van der Waals surface area contributed by atoms with Crippen molar-refractivity contribution < 1.29 is 27.8 Å². The molecule has 0 aromatic heterocycles. The lowest BCUT2D eigenvalue weighted by atomic mass is 9.67. The molecule has 0 radical (unpaired) electrons. The molecule has 5 nitrogen and oxygen atoms in total. The highest BCUT2D eigenvalue weighted by Crippen LogP contribution is 2.53. The van der Waals surface area contributed by atoms with Crippen molar-refractivity contribution in [3.8, 4) is 16.9 Å². The lowest BCUT2D eigenvalue weighted by molar-refractivity contribution is -0.256. The maximum Gasteiger partial charge on any atom is 0.395 e. The fraction of sp³-hybridized carbons (Fsp3) is 0.567. The molecule has 2 aliphatic heterocycles. The number of carbonyl (C=O) groups is 1. The standard InChI is InChI=1S/C30H37F3N2O3/c31-30(32,33)29(14-2-15-29)21-34-17-12-22(13-18-34)20-38-27-10-8-24(9-11-27)23-4-6-25(7-5-23)28(37)35-16-1-3-26(35)19-36/h4-11,22,26,36H,1-3,12-21H2/t26-/m0/s1. The number of alkyl halides is 3. The molecule has 3 aliphatic rings. The number of hydrogen-bond acceptors (Lipinski definition) is 4. The Balaban J connectivity index is 1.09. The second-order valence-electron chi connectivity index (χ2n) is 11.2. The number of piperidine rings is 1. The third-order valence-electron chi connectivity index (χ3n) is 8.80. The van der Waals surface area contributed by atoms with Crippen molar-refractivity contribution in [3.05, 3.63) is 54.1 Å². The van der Waals surface area contributed by atoms with E-state index in [1.54, 1.807) is 4.90 Å². The Morgan fingerprint density at radius 3 is 2.11 bits per heavy atom. The minimum absolute atomic E-state index is 0.0000240. The summed E-state index contributed by atoms with van der Waals surface area (Å²) in [5.41, 5.74) is 1.17. The topological polar surface area (TPSA) is 53.0 Å². The molecule has 206 valence electrons. The van der Waals surface area contributed by atoms with Crippen LogP contribution in [0.2, 0.25) is 0 Å². The van der Waals surface area contributed by atoms with Gasteiger partial charge in [-0.25, -0.2) is 0 Å². The van der Waals surface area contributed by atoms with Crippen LogP contribution in [0.3, 0.4) is 0 Å². The van der Waals surface area contributed by atoms with E-state index in [-0.39, 0.29) is 37.9 Å². The van der Waals surface area contributed by atoms with Gasteiger partial charge in [0.2, 0.25) is 0 Å². The molecular formula is C30H37F3N2O3. The highest BCUT2D eigenvalue weighted by Gasteiger charge is 2.58. The van der Waals surface area contributed by atoms with Crippen molar-refractivity contribution in [1.82, 2.24) is 9.80 Å². The van der Waals surface area contributed by atoms with Crippen LogP contribution in [0.1, 0.15) is 55.3 Å². The van der Waals surface area contributed by atoms with Gasteiger partial charge in [0.15, 0.2) is 0 Å². The fourth-order valence-corrected chi connectivity index (χ4v) is 6.10. The van der Waals surface area contributed by atoms with Crippen LogP contribution >= 0.6 is 0 Å². The molecule has 1 atom stereocenters. The second kappa shape index (κ2) is 11.3. The quantitative estimate of drug-likeness (QED) is 0.471. The molecule has 0 unspecified atom stereocenters. The van der Waals surface area contributed by atoms with E-state index < -0.39 is 11.6 Å². The van der Waals surface area contributed by atoms with E-state index >= 15 is 0 Å². The van der Waals surface area contributed by atoms with Gasteiger partial charge in [-0.05, 0) is 92.9 Å². The molecule has 1 amide bonds. The maximum absolute atomic E-state index is 13.5. The molecule has 1 aliphatic carbocycles. The predicted molar refractivity (Wildman–Crippen MR) is 140 cm³/mol. The number of amides is 1. The Bertz CT molecular complexity index is 1080. The monoisotopic (exact) mass is 530 g/mol. The van der Waals surface area contributed by atoms with E-state index in [1.165, 1.54) is 0 Å². The molecule has 2 saturated heterocycles. The van der Waals surface area contributed by atoms with Gasteiger partial charge in [0.1, 0.15) is 5.75 Å². The molecule has 1 saturated carbocycles. The van der Waals surface area contributed by atoms with E-state index in [1.807, 2.05) is 53.4 Å². The van der Waals surface area contributed by atoms with Crippen LogP contribution in [-0.4, -0.2) is 72.4 Å². The number of nitrogens with zero attached hydrogens (tertiary/aromatic N) is 2. The Hall–Kier alpha value is -2.58. The number of aliphatic hydroxyl groups excluding tert-OH is 1. The SMILES string of the molecule is O=C(c1ccc(-c2ccc(OCC3CCN(CC4(C(F)(F)F)CCC4)CC3)cc2)cc1)N1CCC[C@H]1CO. The average Bonchev–Trinajstić information content (AvgIpc) is 3.38. The van der Waals surface area contributed by atoms with E-state index in [0.29, 0.717) is 44.1 Å². The van der Waals surface area contributed by atoms with E-state index in [4.69, 9.17) is 4.74 Å². The molecule has 3 fully saturated rings. The lowest BCUT2D eigenvalue weighted by Crippen LogP contribution is -2.53. The first-order valence-electron chi connectivity index (χ1n) is 13.8. The minimum Gasteiger partial charge on any atom is -0.493 e. The van der Waals surface area contributed by atoms with Crippen LogP contribution < -0.4 is 4.74 Å². The Morgan fingerprint density at radius 1 is 0.921 bits per heavy atom. The van der Waals surface area contributed by atoms with Gasteiger partial charge in [0.05, 0.1) is 24.7 Å². The van der Waals surface area contributed by atoms with Crippen molar-refractivity contribution in [2.75, 3.05) is 39.4 Å². The molecule has 0 spiro atoms. The summed E-state index contributed by atoms with van der Waals surface area (Å²) in [5, 5.41) is 9.50. The summed E-state index contributed by atoms with van der Waals surface area (Å²) in [6, 6.07) is 15.3. The van der Waals surface area contributed by atoms with Crippen molar-refractivity contribution in [2.45, 2.75) is 57.2 Å². The smallest absolute Gasteiger partial charge is 0.395 e. The third-order valence-corrected chi connectivity index (χ3v) is 8.80. The lowest BCUT2D eigenvalue weighted by Gasteiger charge is -2.47. The van der Waals surface area contributed by atoms with Crippen LogP contribution in [0.5, 0.6) is 5.75 Å². The van der Waals surface area contributed by atoms with Crippen molar-refractivity contribution in [3.63, 3.8) is 0 Å². The van der Waals surface area contributed by atoms with Gasteiger partial charge in [0.25, 0.3) is 5.91 Å². The van der Waals surface area contributed by atoms with Crippen molar-refractivity contribution in [1.29, 1.82) is 0 Å². The number of likely N-dealkylation sites (tertiary alicyclic amines) is 2. The maximum atomic E-state index is 13.5. The summed E-state index contributed by atoms with van der Waals surface area (Å²) in [6.07, 6.45) is 0.582. The van der Waals surface area contributed by atoms with E-state index in [0.717, 1.165) is 42.6 Å². The second-order valence-corrected chi connectivity index (χ2v) is 11.2. The van der Waals surface area contributed by atoms with Gasteiger partial charge in [-0.15, -0.1) is 0 Å². The Labute approximate surface area is 222 Å². The molecule has 5 rings (SSSR count). The molecule has 1 N–H and O–H groups in total. The van der Waals surface area contributed by atoms with E-state index in [2.05, 4.69) is 0 Å². The first kappa shape index (κ1) is 27.0. The summed E-state index contributed by atoms with van der Waals surface area (Å²) in [5.74, 6) is 1.09. The van der Waals surface area contributed by atoms with Gasteiger partial charge in [-0.2, -0.15) is 13.2 Å². The molecule has 2 aromatic rings. The number of hydrogen-bond donors (Lipinski definition) is 1. The van der Waals surface area contributed by atoms with Crippen LogP contribution in [-0.2, 0) is 0 Å². The molecule has 2 aromatic carbocycles. The summed E-state index contributed by atoms with van der Waals surface area (Å²) in [7, 11) is 0. The van der Waals surface area contributed by atoms with Crippen LogP contribution in [0.15, 0.2) is 48.5 Å². The first-order chi connectivity index (χ1) is 18.3. The van der Waals surface area contributed by atoms with Crippen LogP contribution in [0, 0.1) is 11.3 Å². The van der Waals surface area contributed by atoms with Crippen LogP contribution in [0.4, 0.5) is 13.2 Å². The number of aliphatic hydroxyl groups is 1. The van der Waals surface area contributed by atoms with Gasteiger partial charge in [-0.1, -0.05) is 30.7 Å². The summed E-state index contributed by atoms with van der Waals surface area (Å²) in [6.45, 7) is 2.79. The third kappa shape index (κ3) is 5.71. The molecule has 38 heavy (non-hydrogen) atoms. The number of ether oxygens (including phenoxy) is 1. The summed E-state index contributed by atoms with van der Waals surface area (Å²) < 4.78 is 46.5. The minimum atomic E-state index is -4.10. The van der Waals surface area contributed by atoms with Gasteiger partial charge in [-0.3, -0.25) is 4.79 Å². The van der Waals surface area contributed by atoms with Crippen molar-refractivity contribution >= 4 is 5.91 Å². The number of rotatable bonds is 8. The molecule has 0 bridgehead atoms. The zero-order chi connectivity index (χ0) is 26.8. The fourth-order valence-electron chi connectivity index (χ4n) is 6.10. The molecule has 8 heteroatoms. The summed E-state index contributed by atoms with van der Waals surface area (Å²) in [4.78, 5) is 16.6. The van der Waals surface area contributed by atoms with E-state index in [9.17, 15) is 23.1 Å². The van der Waals surface area contributed by atoms with Crippen LogP contribution in [0.25, 0.3) is 11.1 Å². The highest BCUT2D eigenvalue weighted by molar-refractivity contribution is 5.95. The van der Waals surface area contributed by atoms with Crippen molar-refractivity contribution in [2.24, 2.45) is 11.3 Å². The highest BCUT2D eigenvalue weighted by atomic mass is 19.4. The number of benzene rings is 2. The number of carbonyl (C=O) groups excluding carboxylic acids is 1. The van der Waals surface area contributed by atoms with Gasteiger partial charge < -0.3 is 19.6 Å². The molecule has 2 heterocycles. The normalized spacial score (nSPS) is 22.3. The Morgan fingerprint density at radius 2 is 1.55 bits per heavy atom. The molecular weight excluding hydrogens is 493 g/mol. The zero-order valence-electron chi connectivity index (χ0n) is 21.8. The van der Waals surface area contributed by atoms with Gasteiger partial charge >= 0.3 is 6.18 Å². The van der Waals surface area contributed by atoms with Gasteiger partial charge in [0, 0.05) is 18.7 Å². The largest absolute Gasteiger partial charge is 0.493 e. The average molecular weight is 531 g/mol. The zero-order valence-corrected chi connectivity index (χ0v) is 21.8. The summed E-state index contributed by atoms with van der Waals surface area (Å²) >= 11 is 0. The number of halogens is 3. The first-order valence-corrected chi connectivity index (χ1v) is 13.8.